The normalized spacial score (nSPS) is 10.9. The number of ether oxygens (including phenoxy) is 1. The molecule has 5 heteroatoms. The van der Waals surface area contributed by atoms with E-state index in [-0.39, 0.29) is 18.4 Å². The molecule has 1 aromatic carbocycles. The van der Waals surface area contributed by atoms with Gasteiger partial charge in [-0.3, -0.25) is 14.5 Å². The second kappa shape index (κ2) is 10.0. The van der Waals surface area contributed by atoms with Gasteiger partial charge in [0.05, 0.1) is 20.1 Å². The summed E-state index contributed by atoms with van der Waals surface area (Å²) in [6.07, 6.45) is 1.27. The van der Waals surface area contributed by atoms with Crippen molar-refractivity contribution in [3.8, 4) is 0 Å². The zero-order valence-corrected chi connectivity index (χ0v) is 14.6. The van der Waals surface area contributed by atoms with Crippen LogP contribution in [0.25, 0.3) is 0 Å². The number of carbonyl (C=O) groups is 2. The van der Waals surface area contributed by atoms with Gasteiger partial charge < -0.3 is 10.1 Å². The minimum atomic E-state index is -0.255. The van der Waals surface area contributed by atoms with Crippen molar-refractivity contribution in [3.05, 3.63) is 29.8 Å². The van der Waals surface area contributed by atoms with Crippen LogP contribution in [0.4, 0.5) is 5.69 Å². The lowest BCUT2D eigenvalue weighted by Gasteiger charge is -2.23. The van der Waals surface area contributed by atoms with Crippen LogP contribution in [-0.4, -0.2) is 43.5 Å². The Bertz CT molecular complexity index is 497. The highest BCUT2D eigenvalue weighted by Crippen LogP contribution is 2.10. The maximum atomic E-state index is 12.2. The Morgan fingerprint density at radius 2 is 1.87 bits per heavy atom. The fourth-order valence-electron chi connectivity index (χ4n) is 2.33. The number of rotatable bonds is 9. The summed E-state index contributed by atoms with van der Waals surface area (Å²) in [5.41, 5.74) is 2.03. The van der Waals surface area contributed by atoms with Crippen molar-refractivity contribution >= 4 is 17.6 Å². The van der Waals surface area contributed by atoms with Gasteiger partial charge in [0.1, 0.15) is 0 Å². The number of benzene rings is 1. The third-order valence-corrected chi connectivity index (χ3v) is 3.50. The second-order valence-electron chi connectivity index (χ2n) is 6.05. The third-order valence-electron chi connectivity index (χ3n) is 3.50. The zero-order valence-electron chi connectivity index (χ0n) is 14.6. The van der Waals surface area contributed by atoms with Crippen molar-refractivity contribution in [2.24, 2.45) is 5.92 Å². The van der Waals surface area contributed by atoms with Crippen molar-refractivity contribution in [1.29, 1.82) is 0 Å². The molecule has 0 saturated heterocycles. The van der Waals surface area contributed by atoms with E-state index in [1.54, 1.807) is 0 Å². The topological polar surface area (TPSA) is 58.6 Å². The molecule has 0 aliphatic carbocycles. The van der Waals surface area contributed by atoms with Gasteiger partial charge in [0.25, 0.3) is 0 Å². The molecule has 1 aromatic rings. The molecule has 0 atom stereocenters. The van der Waals surface area contributed by atoms with Gasteiger partial charge in [-0.1, -0.05) is 32.9 Å². The molecule has 0 aliphatic heterocycles. The van der Waals surface area contributed by atoms with Crippen LogP contribution in [0.5, 0.6) is 0 Å². The number of nitrogens with zero attached hydrogens (tertiary/aromatic N) is 1. The molecule has 1 N–H and O–H groups in total. The molecule has 5 nitrogen and oxygen atoms in total. The molecule has 23 heavy (non-hydrogen) atoms. The summed E-state index contributed by atoms with van der Waals surface area (Å²) in [4.78, 5) is 25.5. The summed E-state index contributed by atoms with van der Waals surface area (Å²) in [7, 11) is 1.38. The van der Waals surface area contributed by atoms with Crippen LogP contribution in [0.2, 0.25) is 0 Å². The fourth-order valence-corrected chi connectivity index (χ4v) is 2.33. The Hall–Kier alpha value is -1.88. The van der Waals surface area contributed by atoms with E-state index < -0.39 is 0 Å². The number of methoxy groups -OCH3 is 1. The third kappa shape index (κ3) is 7.79. The van der Waals surface area contributed by atoms with Crippen molar-refractivity contribution in [2.45, 2.75) is 33.6 Å². The van der Waals surface area contributed by atoms with Crippen LogP contribution >= 0.6 is 0 Å². The van der Waals surface area contributed by atoms with Crippen molar-refractivity contribution in [1.82, 2.24) is 4.90 Å². The molecule has 1 amide bonds. The Balaban J connectivity index is 2.55. The lowest BCUT2D eigenvalue weighted by molar-refractivity contribution is -0.141. The molecule has 0 heterocycles. The summed E-state index contributed by atoms with van der Waals surface area (Å²) >= 11 is 0. The van der Waals surface area contributed by atoms with Gasteiger partial charge >= 0.3 is 5.97 Å². The van der Waals surface area contributed by atoms with Crippen molar-refractivity contribution < 1.29 is 14.3 Å². The quantitative estimate of drug-likeness (QED) is 0.711. The van der Waals surface area contributed by atoms with Crippen LogP contribution in [-0.2, 0) is 20.7 Å². The number of carbonyl (C=O) groups excluding carboxylic acids is 2. The molecule has 0 aliphatic rings. The van der Waals surface area contributed by atoms with Crippen molar-refractivity contribution in [2.75, 3.05) is 32.1 Å². The van der Waals surface area contributed by atoms with Gasteiger partial charge in [-0.2, -0.15) is 0 Å². The average Bonchev–Trinajstić information content (AvgIpc) is 2.52. The molecule has 0 radical (unpaired) electrons. The Morgan fingerprint density at radius 3 is 2.39 bits per heavy atom. The van der Waals surface area contributed by atoms with Crippen LogP contribution in [0.1, 0.15) is 32.8 Å². The highest BCUT2D eigenvalue weighted by atomic mass is 16.5. The number of hydrogen-bond donors (Lipinski definition) is 1. The molecule has 0 fully saturated rings. The first-order chi connectivity index (χ1) is 10.9. The lowest BCUT2D eigenvalue weighted by atomic mass is 10.1. The van der Waals surface area contributed by atoms with Gasteiger partial charge in [0.2, 0.25) is 5.91 Å². The molecular weight excluding hydrogens is 292 g/mol. The summed E-state index contributed by atoms with van der Waals surface area (Å²) in [6, 6.07) is 7.85. The first-order valence-electron chi connectivity index (χ1n) is 8.12. The maximum absolute atomic E-state index is 12.2. The van der Waals surface area contributed by atoms with E-state index in [4.69, 9.17) is 0 Å². The summed E-state index contributed by atoms with van der Waals surface area (Å²) in [6.45, 7) is 7.83. The highest BCUT2D eigenvalue weighted by Gasteiger charge is 2.14. The monoisotopic (exact) mass is 320 g/mol. The lowest BCUT2D eigenvalue weighted by Crippen LogP contribution is -2.37. The Kier molecular flexibility index (Phi) is 8.33. The molecule has 0 spiro atoms. The number of aryl methyl sites for hydroxylation is 1. The molecule has 0 saturated carbocycles. The maximum Gasteiger partial charge on any atom is 0.306 e. The number of esters is 1. The molecule has 128 valence electrons. The van der Waals surface area contributed by atoms with E-state index in [2.05, 4.69) is 30.8 Å². The second-order valence-corrected chi connectivity index (χ2v) is 6.05. The van der Waals surface area contributed by atoms with E-state index in [1.807, 2.05) is 29.2 Å². The van der Waals surface area contributed by atoms with E-state index >= 15 is 0 Å². The molecule has 0 aromatic heterocycles. The van der Waals surface area contributed by atoms with Crippen LogP contribution in [0, 0.1) is 5.92 Å². The van der Waals surface area contributed by atoms with E-state index in [1.165, 1.54) is 12.7 Å². The van der Waals surface area contributed by atoms with E-state index in [0.717, 1.165) is 18.7 Å². The van der Waals surface area contributed by atoms with Gasteiger partial charge in [0.15, 0.2) is 0 Å². The van der Waals surface area contributed by atoms with E-state index in [9.17, 15) is 9.59 Å². The summed E-state index contributed by atoms with van der Waals surface area (Å²) in [5.74, 6) is 0.0957. The highest BCUT2D eigenvalue weighted by molar-refractivity contribution is 5.92. The first kappa shape index (κ1) is 19.2. The fraction of sp³-hybridized carbons (Fsp3) is 0.556. The molecule has 0 bridgehead atoms. The molecule has 0 unspecified atom stereocenters. The van der Waals surface area contributed by atoms with Gasteiger partial charge in [-0.25, -0.2) is 0 Å². The minimum absolute atomic E-state index is 0.0697. The predicted octanol–water partition coefficient (Wildman–Crippen LogP) is 2.71. The van der Waals surface area contributed by atoms with Crippen molar-refractivity contribution in [3.63, 3.8) is 0 Å². The van der Waals surface area contributed by atoms with Gasteiger partial charge in [0, 0.05) is 18.8 Å². The Morgan fingerprint density at radius 1 is 1.22 bits per heavy atom. The van der Waals surface area contributed by atoms with Gasteiger partial charge in [-0.05, 0) is 30.0 Å². The van der Waals surface area contributed by atoms with Gasteiger partial charge in [-0.15, -0.1) is 0 Å². The number of amides is 1. The molecular formula is C18H28N2O3. The number of nitrogens with one attached hydrogen (secondary N) is 1. The van der Waals surface area contributed by atoms with Crippen LogP contribution in [0.15, 0.2) is 24.3 Å². The predicted molar refractivity (Wildman–Crippen MR) is 92.4 cm³/mol. The molecule has 1 rings (SSSR count). The van der Waals surface area contributed by atoms with E-state index in [0.29, 0.717) is 18.9 Å². The first-order valence-corrected chi connectivity index (χ1v) is 8.12. The largest absolute Gasteiger partial charge is 0.469 e. The number of anilines is 1. The smallest absolute Gasteiger partial charge is 0.306 e. The Labute approximate surface area is 139 Å². The summed E-state index contributed by atoms with van der Waals surface area (Å²) < 4.78 is 4.66. The van der Waals surface area contributed by atoms with Crippen LogP contribution in [0.3, 0.4) is 0 Å². The standard InChI is InChI=1S/C18H28N2O3/c1-5-15-6-8-16(9-7-15)19-17(21)13-20(12-14(2)3)11-10-18(22)23-4/h6-9,14H,5,10-13H2,1-4H3,(H,19,21). The number of hydrogen-bond acceptors (Lipinski definition) is 4. The SMILES string of the molecule is CCc1ccc(NC(=O)CN(CCC(=O)OC)CC(C)C)cc1. The average molecular weight is 320 g/mol. The van der Waals surface area contributed by atoms with Crippen LogP contribution < -0.4 is 5.32 Å². The minimum Gasteiger partial charge on any atom is -0.469 e. The zero-order chi connectivity index (χ0) is 17.2. The summed E-state index contributed by atoms with van der Waals surface area (Å²) in [5, 5.41) is 2.90.